The molecule has 1 amide bonds. The van der Waals surface area contributed by atoms with E-state index in [0.717, 1.165) is 6.20 Å². The number of alkyl halides is 3. The third kappa shape index (κ3) is 4.00. The predicted molar refractivity (Wildman–Crippen MR) is 82.2 cm³/mol. The summed E-state index contributed by atoms with van der Waals surface area (Å²) < 4.78 is 51.7. The minimum Gasteiger partial charge on any atom is -0.342 e. The molecule has 1 aliphatic rings. The average Bonchev–Trinajstić information content (AvgIpc) is 3.07. The summed E-state index contributed by atoms with van der Waals surface area (Å²) in [5.41, 5.74) is -0.579. The Labute approximate surface area is 141 Å². The average molecular weight is 355 g/mol. The van der Waals surface area contributed by atoms with Crippen molar-refractivity contribution in [3.05, 3.63) is 53.4 Å². The van der Waals surface area contributed by atoms with E-state index in [4.69, 9.17) is 0 Å². The number of carbonyl (C=O) groups is 1. The maximum atomic E-state index is 13.7. The highest BCUT2D eigenvalue weighted by Gasteiger charge is 2.34. The van der Waals surface area contributed by atoms with Crippen LogP contribution in [0.3, 0.4) is 0 Å². The summed E-state index contributed by atoms with van der Waals surface area (Å²) in [5, 5.41) is 0. The number of piperidine rings is 1. The van der Waals surface area contributed by atoms with Crippen molar-refractivity contribution < 1.29 is 22.4 Å². The van der Waals surface area contributed by atoms with Crippen LogP contribution < -0.4 is 0 Å². The molecule has 1 aromatic heterocycles. The summed E-state index contributed by atoms with van der Waals surface area (Å²) in [6.45, 7) is 0.786. The molecule has 0 saturated carbocycles. The van der Waals surface area contributed by atoms with Gasteiger partial charge in [-0.05, 0) is 24.5 Å². The molecule has 1 aliphatic heterocycles. The van der Waals surface area contributed by atoms with Crippen LogP contribution >= 0.6 is 0 Å². The largest absolute Gasteiger partial charge is 0.432 e. The summed E-state index contributed by atoms with van der Waals surface area (Å²) in [5.74, 6) is -0.729. The molecule has 134 valence electrons. The van der Waals surface area contributed by atoms with Crippen LogP contribution in [0.5, 0.6) is 0 Å². The number of carbonyl (C=O) groups excluding carboxylic acids is 1. The predicted octanol–water partition coefficient (Wildman–Crippen LogP) is 3.52. The van der Waals surface area contributed by atoms with Crippen molar-refractivity contribution in [3.8, 4) is 0 Å². The fraction of sp³-hybridized carbons (Fsp3) is 0.412. The van der Waals surface area contributed by atoms with Gasteiger partial charge in [-0.3, -0.25) is 4.79 Å². The fourth-order valence-corrected chi connectivity index (χ4v) is 3.03. The summed E-state index contributed by atoms with van der Waals surface area (Å²) in [4.78, 5) is 20.1. The Balaban J connectivity index is 1.67. The number of nitrogens with zero attached hydrogens (tertiary/aromatic N) is 2. The molecule has 0 spiro atoms. The van der Waals surface area contributed by atoms with E-state index in [0.29, 0.717) is 24.9 Å². The van der Waals surface area contributed by atoms with E-state index in [1.807, 2.05) is 0 Å². The van der Waals surface area contributed by atoms with E-state index in [2.05, 4.69) is 9.97 Å². The first-order valence-electron chi connectivity index (χ1n) is 7.98. The zero-order valence-corrected chi connectivity index (χ0v) is 13.3. The van der Waals surface area contributed by atoms with Crippen LogP contribution in [0.15, 0.2) is 30.5 Å². The van der Waals surface area contributed by atoms with E-state index in [1.165, 1.54) is 6.07 Å². The second-order valence-corrected chi connectivity index (χ2v) is 6.13. The molecule has 2 aromatic rings. The van der Waals surface area contributed by atoms with Gasteiger partial charge in [0.05, 0.1) is 12.6 Å². The van der Waals surface area contributed by atoms with Crippen LogP contribution in [0.4, 0.5) is 17.6 Å². The van der Waals surface area contributed by atoms with E-state index in [9.17, 15) is 22.4 Å². The minimum absolute atomic E-state index is 0.0641. The molecule has 2 heterocycles. The van der Waals surface area contributed by atoms with E-state index >= 15 is 0 Å². The van der Waals surface area contributed by atoms with Gasteiger partial charge in [0.25, 0.3) is 0 Å². The third-order valence-electron chi connectivity index (χ3n) is 4.36. The normalized spacial score (nSPS) is 18.4. The SMILES string of the molecule is O=C(Cc1ccccc1F)N1CCC[C@@H](c2ncc(C(F)(F)F)[nH]2)C1. The molecule has 1 atom stereocenters. The highest BCUT2D eigenvalue weighted by atomic mass is 19.4. The number of benzene rings is 1. The molecule has 25 heavy (non-hydrogen) atoms. The van der Waals surface area contributed by atoms with Gasteiger partial charge in [-0.25, -0.2) is 9.37 Å². The lowest BCUT2D eigenvalue weighted by atomic mass is 9.96. The second-order valence-electron chi connectivity index (χ2n) is 6.13. The van der Waals surface area contributed by atoms with Crippen LogP contribution in [-0.4, -0.2) is 33.9 Å². The number of likely N-dealkylation sites (tertiary alicyclic amines) is 1. The first-order chi connectivity index (χ1) is 11.8. The van der Waals surface area contributed by atoms with Crippen molar-refractivity contribution in [1.29, 1.82) is 0 Å². The van der Waals surface area contributed by atoms with Crippen molar-refractivity contribution in [1.82, 2.24) is 14.9 Å². The molecule has 0 radical (unpaired) electrons. The Hall–Kier alpha value is -2.38. The zero-order chi connectivity index (χ0) is 18.0. The van der Waals surface area contributed by atoms with Gasteiger partial charge in [0.15, 0.2) is 0 Å². The number of hydrogen-bond donors (Lipinski definition) is 1. The number of imidazole rings is 1. The van der Waals surface area contributed by atoms with Crippen LogP contribution in [0.2, 0.25) is 0 Å². The number of aromatic nitrogens is 2. The summed E-state index contributed by atoms with van der Waals surface area (Å²) in [6.07, 6.45) is -2.45. The van der Waals surface area contributed by atoms with Gasteiger partial charge in [-0.15, -0.1) is 0 Å². The number of aromatic amines is 1. The van der Waals surface area contributed by atoms with Gasteiger partial charge in [-0.2, -0.15) is 13.2 Å². The monoisotopic (exact) mass is 355 g/mol. The molecule has 0 aliphatic carbocycles. The highest BCUT2D eigenvalue weighted by Crippen LogP contribution is 2.31. The topological polar surface area (TPSA) is 49.0 Å². The molecule has 0 bridgehead atoms. The molecule has 0 unspecified atom stereocenters. The molecule has 8 heteroatoms. The molecule has 3 rings (SSSR count). The van der Waals surface area contributed by atoms with E-state index in [1.54, 1.807) is 23.1 Å². The lowest BCUT2D eigenvalue weighted by Crippen LogP contribution is -2.40. The number of rotatable bonds is 3. The molecular weight excluding hydrogens is 338 g/mol. The Bertz CT molecular complexity index is 756. The maximum absolute atomic E-state index is 13.7. The first-order valence-corrected chi connectivity index (χ1v) is 7.98. The molecule has 4 nitrogen and oxygen atoms in total. The quantitative estimate of drug-likeness (QED) is 0.857. The van der Waals surface area contributed by atoms with Gasteiger partial charge in [0, 0.05) is 19.0 Å². The van der Waals surface area contributed by atoms with Gasteiger partial charge in [-0.1, -0.05) is 18.2 Å². The Morgan fingerprint density at radius 2 is 2.08 bits per heavy atom. The van der Waals surface area contributed by atoms with Crippen molar-refractivity contribution in [2.45, 2.75) is 31.4 Å². The van der Waals surface area contributed by atoms with Gasteiger partial charge >= 0.3 is 6.18 Å². The number of H-pyrrole nitrogens is 1. The van der Waals surface area contributed by atoms with E-state index < -0.39 is 17.7 Å². The smallest absolute Gasteiger partial charge is 0.342 e. The first kappa shape index (κ1) is 17.4. The lowest BCUT2D eigenvalue weighted by Gasteiger charge is -2.32. The highest BCUT2D eigenvalue weighted by molar-refractivity contribution is 5.79. The molecule has 1 saturated heterocycles. The molecular formula is C17H17F4N3O. The minimum atomic E-state index is -4.47. The number of nitrogens with one attached hydrogen (secondary N) is 1. The second kappa shape index (κ2) is 6.85. The van der Waals surface area contributed by atoms with Crippen LogP contribution in [0.25, 0.3) is 0 Å². The molecule has 1 fully saturated rings. The summed E-state index contributed by atoms with van der Waals surface area (Å²) in [6, 6.07) is 6.06. The molecule has 1 aromatic carbocycles. The van der Waals surface area contributed by atoms with Crippen LogP contribution in [0, 0.1) is 5.82 Å². The fourth-order valence-electron chi connectivity index (χ4n) is 3.03. The van der Waals surface area contributed by atoms with Crippen molar-refractivity contribution >= 4 is 5.91 Å². The standard InChI is InChI=1S/C17H17F4N3O/c18-13-6-2-1-4-11(13)8-15(25)24-7-3-5-12(10-24)16-22-9-14(23-16)17(19,20)21/h1-2,4,6,9,12H,3,5,7-8,10H2,(H,22,23)/t12-/m1/s1. The van der Waals surface area contributed by atoms with Crippen molar-refractivity contribution in [2.75, 3.05) is 13.1 Å². The zero-order valence-electron chi connectivity index (χ0n) is 13.3. The summed E-state index contributed by atoms with van der Waals surface area (Å²) in [7, 11) is 0. The number of hydrogen-bond acceptors (Lipinski definition) is 2. The van der Waals surface area contributed by atoms with Crippen molar-refractivity contribution in [3.63, 3.8) is 0 Å². The van der Waals surface area contributed by atoms with Crippen LogP contribution in [-0.2, 0) is 17.4 Å². The van der Waals surface area contributed by atoms with Gasteiger partial charge in [0.1, 0.15) is 17.3 Å². The molecule has 1 N–H and O–H groups in total. The van der Waals surface area contributed by atoms with Gasteiger partial charge < -0.3 is 9.88 Å². The lowest BCUT2D eigenvalue weighted by molar-refractivity contribution is -0.141. The third-order valence-corrected chi connectivity index (χ3v) is 4.36. The summed E-state index contributed by atoms with van der Waals surface area (Å²) >= 11 is 0. The Morgan fingerprint density at radius 1 is 1.32 bits per heavy atom. The van der Waals surface area contributed by atoms with Crippen molar-refractivity contribution in [2.24, 2.45) is 0 Å². The van der Waals surface area contributed by atoms with Crippen LogP contribution in [0.1, 0.15) is 35.8 Å². The maximum Gasteiger partial charge on any atom is 0.432 e. The van der Waals surface area contributed by atoms with E-state index in [-0.39, 0.29) is 30.6 Å². The number of halogens is 4. The number of amides is 1. The Kier molecular flexibility index (Phi) is 4.78. The van der Waals surface area contributed by atoms with Gasteiger partial charge in [0.2, 0.25) is 5.91 Å². The Morgan fingerprint density at radius 3 is 2.76 bits per heavy atom.